The average Bonchev–Trinajstić information content (AvgIpc) is 2.71. The quantitative estimate of drug-likeness (QED) is 0.334. The Morgan fingerprint density at radius 2 is 1.33 bits per heavy atom. The molecule has 0 spiro atoms. The lowest BCUT2D eigenvalue weighted by Gasteiger charge is -2.07. The highest BCUT2D eigenvalue weighted by atomic mass is 16.5. The van der Waals surface area contributed by atoms with Crippen LogP contribution >= 0.6 is 0 Å². The van der Waals surface area contributed by atoms with Crippen LogP contribution in [0.15, 0.2) is 42.7 Å². The molecule has 1 aromatic carbocycles. The van der Waals surface area contributed by atoms with Gasteiger partial charge in [0.2, 0.25) is 0 Å². The Morgan fingerprint density at radius 3 is 2.07 bits per heavy atom. The highest BCUT2D eigenvalue weighted by Gasteiger charge is 1.99. The normalized spacial score (nSPS) is 10.9. The van der Waals surface area contributed by atoms with E-state index in [0.29, 0.717) is 0 Å². The number of hydrogen-bond acceptors (Lipinski definition) is 3. The number of ether oxygens (including phenoxy) is 1. The largest absolute Gasteiger partial charge is 0.494 e. The summed E-state index contributed by atoms with van der Waals surface area (Å²) in [7, 11) is 0. The number of hydrogen-bond donors (Lipinski definition) is 0. The SMILES string of the molecule is CCCCCCCOc1ccc(CCCCCCCc2ncccn2)cc1. The van der Waals surface area contributed by atoms with E-state index in [4.69, 9.17) is 4.74 Å². The lowest BCUT2D eigenvalue weighted by Crippen LogP contribution is -1.97. The molecular formula is C24H36N2O. The summed E-state index contributed by atoms with van der Waals surface area (Å²) in [4.78, 5) is 8.55. The second-order valence-electron chi connectivity index (χ2n) is 7.34. The first-order valence-corrected chi connectivity index (χ1v) is 10.9. The zero-order chi connectivity index (χ0) is 19.0. The molecule has 1 heterocycles. The van der Waals surface area contributed by atoms with Gasteiger partial charge in [-0.3, -0.25) is 0 Å². The molecule has 3 heteroatoms. The highest BCUT2D eigenvalue weighted by Crippen LogP contribution is 2.16. The third kappa shape index (κ3) is 10.1. The minimum absolute atomic E-state index is 0.844. The summed E-state index contributed by atoms with van der Waals surface area (Å²) in [6.45, 7) is 3.09. The fourth-order valence-electron chi connectivity index (χ4n) is 3.25. The van der Waals surface area contributed by atoms with E-state index < -0.39 is 0 Å². The molecule has 0 saturated carbocycles. The van der Waals surface area contributed by atoms with Crippen molar-refractivity contribution in [3.63, 3.8) is 0 Å². The molecule has 1 aromatic heterocycles. The first kappa shape index (κ1) is 21.4. The summed E-state index contributed by atoms with van der Waals surface area (Å²) in [6.07, 6.45) is 18.6. The van der Waals surface area contributed by atoms with Crippen LogP contribution in [-0.4, -0.2) is 16.6 Å². The van der Waals surface area contributed by atoms with Crippen LogP contribution in [-0.2, 0) is 12.8 Å². The van der Waals surface area contributed by atoms with E-state index in [1.165, 1.54) is 69.8 Å². The van der Waals surface area contributed by atoms with Crippen molar-refractivity contribution in [1.82, 2.24) is 9.97 Å². The second kappa shape index (κ2) is 14.2. The topological polar surface area (TPSA) is 35.0 Å². The van der Waals surface area contributed by atoms with Gasteiger partial charge in [-0.05, 0) is 49.4 Å². The number of rotatable bonds is 15. The molecule has 0 N–H and O–H groups in total. The van der Waals surface area contributed by atoms with Crippen LogP contribution in [0, 0.1) is 0 Å². The van der Waals surface area contributed by atoms with E-state index in [2.05, 4.69) is 41.2 Å². The first-order chi connectivity index (χ1) is 13.4. The molecule has 0 atom stereocenters. The molecule has 0 amide bonds. The van der Waals surface area contributed by atoms with Gasteiger partial charge in [-0.25, -0.2) is 9.97 Å². The van der Waals surface area contributed by atoms with Crippen LogP contribution in [0.4, 0.5) is 0 Å². The van der Waals surface area contributed by atoms with Crippen molar-refractivity contribution in [3.8, 4) is 5.75 Å². The minimum atomic E-state index is 0.844. The van der Waals surface area contributed by atoms with Crippen LogP contribution in [0.3, 0.4) is 0 Å². The summed E-state index contributed by atoms with van der Waals surface area (Å²) in [6, 6.07) is 10.6. The van der Waals surface area contributed by atoms with E-state index >= 15 is 0 Å². The van der Waals surface area contributed by atoms with Gasteiger partial charge in [0.05, 0.1) is 6.61 Å². The van der Waals surface area contributed by atoms with Gasteiger partial charge in [-0.15, -0.1) is 0 Å². The molecule has 0 bridgehead atoms. The van der Waals surface area contributed by atoms with Gasteiger partial charge < -0.3 is 4.74 Å². The molecule has 27 heavy (non-hydrogen) atoms. The van der Waals surface area contributed by atoms with Gasteiger partial charge >= 0.3 is 0 Å². The lowest BCUT2D eigenvalue weighted by atomic mass is 10.0. The van der Waals surface area contributed by atoms with E-state index in [1.54, 1.807) is 0 Å². The van der Waals surface area contributed by atoms with Crippen molar-refractivity contribution in [2.75, 3.05) is 6.61 Å². The van der Waals surface area contributed by atoms with Crippen molar-refractivity contribution in [3.05, 3.63) is 54.1 Å². The summed E-state index contributed by atoms with van der Waals surface area (Å²) < 4.78 is 5.84. The Labute approximate surface area is 165 Å². The zero-order valence-corrected chi connectivity index (χ0v) is 17.0. The standard InChI is InChI=1S/C24H36N2O/c1-2-3-4-8-11-21-27-23-17-15-22(16-18-23)13-9-6-5-7-10-14-24-25-19-12-20-26-24/h12,15-20H,2-11,13-14,21H2,1H3. The number of nitrogens with zero attached hydrogens (tertiary/aromatic N) is 2. The second-order valence-corrected chi connectivity index (χ2v) is 7.34. The Hall–Kier alpha value is -1.90. The molecule has 148 valence electrons. The molecule has 3 nitrogen and oxygen atoms in total. The van der Waals surface area contributed by atoms with E-state index in [-0.39, 0.29) is 0 Å². The fraction of sp³-hybridized carbons (Fsp3) is 0.583. The Balaban J connectivity index is 1.47. The number of benzene rings is 1. The maximum Gasteiger partial charge on any atom is 0.128 e. The molecule has 0 aliphatic carbocycles. The van der Waals surface area contributed by atoms with Gasteiger partial charge in [-0.2, -0.15) is 0 Å². The van der Waals surface area contributed by atoms with Crippen LogP contribution in [0.25, 0.3) is 0 Å². The van der Waals surface area contributed by atoms with E-state index in [9.17, 15) is 0 Å². The van der Waals surface area contributed by atoms with Gasteiger partial charge in [-0.1, -0.05) is 64.0 Å². The summed E-state index contributed by atoms with van der Waals surface area (Å²) in [5, 5.41) is 0. The van der Waals surface area contributed by atoms with Crippen LogP contribution in [0.1, 0.15) is 82.5 Å². The molecule has 0 radical (unpaired) electrons. The van der Waals surface area contributed by atoms with Crippen molar-refractivity contribution in [1.29, 1.82) is 0 Å². The number of unbranched alkanes of at least 4 members (excludes halogenated alkanes) is 8. The maximum absolute atomic E-state index is 5.84. The smallest absolute Gasteiger partial charge is 0.128 e. The molecule has 0 fully saturated rings. The van der Waals surface area contributed by atoms with Gasteiger partial charge in [0, 0.05) is 18.8 Å². The Kier molecular flexibility index (Phi) is 11.3. The van der Waals surface area contributed by atoms with Crippen LogP contribution < -0.4 is 4.74 Å². The molecule has 2 aromatic rings. The fourth-order valence-corrected chi connectivity index (χ4v) is 3.25. The summed E-state index contributed by atoms with van der Waals surface area (Å²) in [5.41, 5.74) is 1.42. The van der Waals surface area contributed by atoms with Crippen molar-refractivity contribution in [2.24, 2.45) is 0 Å². The Bertz CT molecular complexity index is 583. The van der Waals surface area contributed by atoms with E-state index in [1.807, 2.05) is 18.5 Å². The molecule has 0 aliphatic heterocycles. The third-order valence-corrected chi connectivity index (χ3v) is 4.93. The number of aromatic nitrogens is 2. The summed E-state index contributed by atoms with van der Waals surface area (Å²) >= 11 is 0. The van der Waals surface area contributed by atoms with E-state index in [0.717, 1.165) is 31.0 Å². The van der Waals surface area contributed by atoms with Crippen molar-refractivity contribution in [2.45, 2.75) is 84.0 Å². The zero-order valence-electron chi connectivity index (χ0n) is 17.0. The predicted molar refractivity (Wildman–Crippen MR) is 113 cm³/mol. The highest BCUT2D eigenvalue weighted by molar-refractivity contribution is 5.27. The molecule has 0 aliphatic rings. The molecular weight excluding hydrogens is 332 g/mol. The minimum Gasteiger partial charge on any atom is -0.494 e. The summed E-state index contributed by atoms with van der Waals surface area (Å²) in [5.74, 6) is 1.98. The maximum atomic E-state index is 5.84. The van der Waals surface area contributed by atoms with Gasteiger partial charge in [0.15, 0.2) is 0 Å². The van der Waals surface area contributed by atoms with Crippen LogP contribution in [0.5, 0.6) is 5.75 Å². The number of aryl methyl sites for hydroxylation is 2. The first-order valence-electron chi connectivity index (χ1n) is 10.9. The van der Waals surface area contributed by atoms with Crippen LogP contribution in [0.2, 0.25) is 0 Å². The van der Waals surface area contributed by atoms with Gasteiger partial charge in [0.1, 0.15) is 11.6 Å². The Morgan fingerprint density at radius 1 is 0.704 bits per heavy atom. The molecule has 0 saturated heterocycles. The van der Waals surface area contributed by atoms with Crippen molar-refractivity contribution >= 4 is 0 Å². The van der Waals surface area contributed by atoms with Gasteiger partial charge in [0.25, 0.3) is 0 Å². The monoisotopic (exact) mass is 368 g/mol. The van der Waals surface area contributed by atoms with Crippen molar-refractivity contribution < 1.29 is 4.74 Å². The third-order valence-electron chi connectivity index (χ3n) is 4.93. The lowest BCUT2D eigenvalue weighted by molar-refractivity contribution is 0.304. The molecule has 2 rings (SSSR count). The average molecular weight is 369 g/mol. The predicted octanol–water partition coefficient (Wildman–Crippen LogP) is 6.56. The molecule has 0 unspecified atom stereocenters.